The third kappa shape index (κ3) is 7.21. The first-order valence-corrected chi connectivity index (χ1v) is 14.6. The fourth-order valence-corrected chi connectivity index (χ4v) is 6.35. The van der Waals surface area contributed by atoms with Crippen molar-refractivity contribution in [2.75, 3.05) is 35.5 Å². The lowest BCUT2D eigenvalue weighted by molar-refractivity contribution is -0.116. The average molecular weight is 530 g/mol. The molecule has 0 saturated carbocycles. The number of carbonyl (C=O) groups is 1. The molecule has 0 aliphatic carbocycles. The van der Waals surface area contributed by atoms with E-state index in [0.29, 0.717) is 18.8 Å². The van der Waals surface area contributed by atoms with Crippen LogP contribution < -0.4 is 9.62 Å². The molecule has 1 N–H and O–H groups in total. The van der Waals surface area contributed by atoms with Crippen LogP contribution in [0.3, 0.4) is 0 Å². The van der Waals surface area contributed by atoms with Crippen LogP contribution in [0, 0.1) is 11.6 Å². The summed E-state index contributed by atoms with van der Waals surface area (Å²) in [6.45, 7) is 0.885. The van der Waals surface area contributed by atoms with E-state index in [0.717, 1.165) is 54.4 Å². The van der Waals surface area contributed by atoms with Gasteiger partial charge in [-0.2, -0.15) is 4.31 Å². The number of hydrogen-bond acceptors (Lipinski definition) is 5. The highest BCUT2D eigenvalue weighted by molar-refractivity contribution is 7.92. The van der Waals surface area contributed by atoms with Gasteiger partial charge in [0.25, 0.3) is 0 Å². The Morgan fingerprint density at radius 3 is 2.14 bits per heavy atom. The van der Waals surface area contributed by atoms with Crippen molar-refractivity contribution in [2.45, 2.75) is 43.4 Å². The predicted octanol–water partition coefficient (Wildman–Crippen LogP) is 3.71. The maximum absolute atomic E-state index is 13.5. The zero-order valence-corrected chi connectivity index (χ0v) is 21.0. The number of anilines is 2. The summed E-state index contributed by atoms with van der Waals surface area (Å²) < 4.78 is 79.1. The highest BCUT2D eigenvalue weighted by Gasteiger charge is 2.25. The predicted molar refractivity (Wildman–Crippen MR) is 130 cm³/mol. The molecule has 1 amide bonds. The molecule has 2 aromatic rings. The van der Waals surface area contributed by atoms with Gasteiger partial charge in [0.15, 0.2) is 11.6 Å². The largest absolute Gasteiger partial charge is 0.326 e. The third-order valence-corrected chi connectivity index (χ3v) is 8.80. The Labute approximate surface area is 205 Å². The fourth-order valence-electron chi connectivity index (χ4n) is 3.87. The molecule has 2 aromatic carbocycles. The van der Waals surface area contributed by atoms with Crippen molar-refractivity contribution >= 4 is 37.3 Å². The SMILES string of the molecule is CS(=O)(=O)N(CCCC(=O)Nc1ccc(S(=O)(=O)N2CCCCCC2)cc1)c1ccc(F)c(F)c1. The van der Waals surface area contributed by atoms with Crippen LogP contribution in [0.15, 0.2) is 47.4 Å². The second-order valence-electron chi connectivity index (χ2n) is 8.43. The molecule has 1 heterocycles. The van der Waals surface area contributed by atoms with Crippen molar-refractivity contribution in [3.05, 3.63) is 54.1 Å². The van der Waals surface area contributed by atoms with Gasteiger partial charge in [-0.1, -0.05) is 12.8 Å². The van der Waals surface area contributed by atoms with Gasteiger partial charge in [-0.15, -0.1) is 0 Å². The normalized spacial score (nSPS) is 15.4. The third-order valence-electron chi connectivity index (χ3n) is 5.70. The van der Waals surface area contributed by atoms with Crippen LogP contribution in [0.1, 0.15) is 38.5 Å². The number of nitrogens with one attached hydrogen (secondary N) is 1. The van der Waals surface area contributed by atoms with Gasteiger partial charge in [-0.25, -0.2) is 25.6 Å². The number of sulfonamides is 2. The van der Waals surface area contributed by atoms with E-state index in [1.165, 1.54) is 28.6 Å². The first-order chi connectivity index (χ1) is 16.5. The van der Waals surface area contributed by atoms with Crippen molar-refractivity contribution in [1.29, 1.82) is 0 Å². The lowest BCUT2D eigenvalue weighted by atomic mass is 10.2. The van der Waals surface area contributed by atoms with Gasteiger partial charge in [-0.05, 0) is 55.7 Å². The molecule has 1 aliphatic rings. The molecule has 192 valence electrons. The van der Waals surface area contributed by atoms with Crippen LogP contribution in [0.2, 0.25) is 0 Å². The van der Waals surface area contributed by atoms with Crippen LogP contribution in [-0.4, -0.2) is 52.9 Å². The Morgan fingerprint density at radius 2 is 1.57 bits per heavy atom. The van der Waals surface area contributed by atoms with Crippen LogP contribution in [0.4, 0.5) is 20.2 Å². The highest BCUT2D eigenvalue weighted by Crippen LogP contribution is 2.23. The average Bonchev–Trinajstić information content (AvgIpc) is 3.09. The maximum atomic E-state index is 13.5. The van der Waals surface area contributed by atoms with E-state index in [2.05, 4.69) is 5.32 Å². The van der Waals surface area contributed by atoms with Crippen molar-refractivity contribution in [3.63, 3.8) is 0 Å². The Balaban J connectivity index is 1.57. The Hall–Kier alpha value is -2.57. The summed E-state index contributed by atoms with van der Waals surface area (Å²) in [5.41, 5.74) is 0.374. The minimum atomic E-state index is -3.78. The Kier molecular flexibility index (Phi) is 8.84. The van der Waals surface area contributed by atoms with Gasteiger partial charge >= 0.3 is 0 Å². The van der Waals surface area contributed by atoms with Gasteiger partial charge in [0, 0.05) is 37.8 Å². The number of nitrogens with zero attached hydrogens (tertiary/aromatic N) is 2. The Bertz CT molecular complexity index is 1240. The lowest BCUT2D eigenvalue weighted by Crippen LogP contribution is -2.32. The number of carbonyl (C=O) groups excluding carboxylic acids is 1. The topological polar surface area (TPSA) is 104 Å². The fraction of sp³-hybridized carbons (Fsp3) is 0.435. The monoisotopic (exact) mass is 529 g/mol. The standard InChI is InChI=1S/C23H29F2N3O5S2/c1-34(30,31)28(19-10-13-21(24)22(25)17-19)16-6-7-23(29)26-18-8-11-20(12-9-18)35(32,33)27-14-4-2-3-5-15-27/h8-13,17H,2-7,14-16H2,1H3,(H,26,29). The molecule has 3 rings (SSSR count). The van der Waals surface area contributed by atoms with Gasteiger partial charge in [0.1, 0.15) is 0 Å². The molecule has 12 heteroatoms. The van der Waals surface area contributed by atoms with E-state index < -0.39 is 37.6 Å². The number of amides is 1. The van der Waals surface area contributed by atoms with E-state index in [1.807, 2.05) is 0 Å². The van der Waals surface area contributed by atoms with Gasteiger partial charge in [-0.3, -0.25) is 9.10 Å². The van der Waals surface area contributed by atoms with Crippen molar-refractivity contribution in [3.8, 4) is 0 Å². The Morgan fingerprint density at radius 1 is 0.943 bits per heavy atom. The number of halogens is 2. The quantitative estimate of drug-likeness (QED) is 0.533. The smallest absolute Gasteiger partial charge is 0.243 e. The van der Waals surface area contributed by atoms with E-state index in [-0.39, 0.29) is 30.0 Å². The lowest BCUT2D eigenvalue weighted by Gasteiger charge is -2.22. The molecule has 0 unspecified atom stereocenters. The van der Waals surface area contributed by atoms with E-state index in [9.17, 15) is 30.4 Å². The molecule has 0 aromatic heterocycles. The summed E-state index contributed by atoms with van der Waals surface area (Å²) in [7, 11) is -7.38. The van der Waals surface area contributed by atoms with E-state index in [1.54, 1.807) is 0 Å². The molecule has 35 heavy (non-hydrogen) atoms. The summed E-state index contributed by atoms with van der Waals surface area (Å²) in [5.74, 6) is -2.66. The first kappa shape index (κ1) is 27.0. The summed E-state index contributed by atoms with van der Waals surface area (Å²) in [6.07, 6.45) is 4.72. The highest BCUT2D eigenvalue weighted by atomic mass is 32.2. The van der Waals surface area contributed by atoms with Crippen LogP contribution in [-0.2, 0) is 24.8 Å². The number of rotatable bonds is 9. The van der Waals surface area contributed by atoms with Crippen LogP contribution in [0.25, 0.3) is 0 Å². The van der Waals surface area contributed by atoms with Gasteiger partial charge < -0.3 is 5.32 Å². The van der Waals surface area contributed by atoms with Crippen molar-refractivity contribution < 1.29 is 30.4 Å². The summed E-state index contributed by atoms with van der Waals surface area (Å²) in [4.78, 5) is 12.5. The molecule has 1 saturated heterocycles. The minimum absolute atomic E-state index is 0.0342. The summed E-state index contributed by atoms with van der Waals surface area (Å²) >= 11 is 0. The molecular formula is C23H29F2N3O5S2. The second-order valence-corrected chi connectivity index (χ2v) is 12.3. The minimum Gasteiger partial charge on any atom is -0.326 e. The van der Waals surface area contributed by atoms with Crippen molar-refractivity contribution in [2.24, 2.45) is 0 Å². The zero-order chi connectivity index (χ0) is 25.6. The van der Waals surface area contributed by atoms with Crippen LogP contribution in [0.5, 0.6) is 0 Å². The molecule has 1 aliphatic heterocycles. The van der Waals surface area contributed by atoms with E-state index in [4.69, 9.17) is 0 Å². The zero-order valence-electron chi connectivity index (χ0n) is 19.4. The van der Waals surface area contributed by atoms with E-state index >= 15 is 0 Å². The molecule has 1 fully saturated rings. The number of benzene rings is 2. The second kappa shape index (κ2) is 11.4. The maximum Gasteiger partial charge on any atom is 0.243 e. The molecule has 0 atom stereocenters. The molecule has 0 bridgehead atoms. The molecule has 0 radical (unpaired) electrons. The first-order valence-electron chi connectivity index (χ1n) is 11.3. The number of hydrogen-bond donors (Lipinski definition) is 1. The molecule has 0 spiro atoms. The van der Waals surface area contributed by atoms with Crippen LogP contribution >= 0.6 is 0 Å². The van der Waals surface area contributed by atoms with Gasteiger partial charge in [0.2, 0.25) is 26.0 Å². The summed E-state index contributed by atoms with van der Waals surface area (Å²) in [6, 6.07) is 8.69. The van der Waals surface area contributed by atoms with Gasteiger partial charge in [0.05, 0.1) is 16.8 Å². The summed E-state index contributed by atoms with van der Waals surface area (Å²) in [5, 5.41) is 2.65. The van der Waals surface area contributed by atoms with Crippen molar-refractivity contribution in [1.82, 2.24) is 4.31 Å². The molecule has 8 nitrogen and oxygen atoms in total. The molecular weight excluding hydrogens is 500 g/mol.